The maximum atomic E-state index is 11.8. The van der Waals surface area contributed by atoms with Crippen molar-refractivity contribution >= 4 is 23.2 Å². The van der Waals surface area contributed by atoms with Crippen LogP contribution in [0.4, 0.5) is 5.69 Å². The number of nitrogens with two attached hydrogens (primary N) is 1. The molecule has 1 heterocycles. The lowest BCUT2D eigenvalue weighted by Crippen LogP contribution is -2.25. The lowest BCUT2D eigenvalue weighted by molar-refractivity contribution is 0.0953. The molecule has 0 aliphatic heterocycles. The van der Waals surface area contributed by atoms with E-state index >= 15 is 0 Å². The first-order valence-electron chi connectivity index (χ1n) is 5.83. The van der Waals surface area contributed by atoms with Gasteiger partial charge in [0.1, 0.15) is 5.15 Å². The Kier molecular flexibility index (Phi) is 6.46. The molecule has 0 fully saturated rings. The molecule has 6 heteroatoms. The van der Waals surface area contributed by atoms with E-state index in [0.29, 0.717) is 17.8 Å². The second-order valence-corrected chi connectivity index (χ2v) is 4.29. The fraction of sp³-hybridized carbons (Fsp3) is 0.500. The number of pyridine rings is 1. The normalized spacial score (nSPS) is 10.3. The fourth-order valence-electron chi connectivity index (χ4n) is 1.48. The highest BCUT2D eigenvalue weighted by atomic mass is 35.5. The molecule has 1 aromatic heterocycles. The van der Waals surface area contributed by atoms with Crippen molar-refractivity contribution in [2.75, 3.05) is 26.0 Å². The topological polar surface area (TPSA) is 77.2 Å². The summed E-state index contributed by atoms with van der Waals surface area (Å²) >= 11 is 5.72. The Balaban J connectivity index is 2.34. The van der Waals surface area contributed by atoms with Gasteiger partial charge in [-0.2, -0.15) is 0 Å². The Bertz CT molecular complexity index is 399. The number of ether oxygens (including phenoxy) is 1. The molecule has 1 rings (SSSR count). The molecule has 0 saturated heterocycles. The molecule has 0 radical (unpaired) electrons. The van der Waals surface area contributed by atoms with E-state index < -0.39 is 0 Å². The van der Waals surface area contributed by atoms with E-state index in [1.54, 1.807) is 7.11 Å². The molecule has 0 aliphatic carbocycles. The molecule has 100 valence electrons. The number of anilines is 1. The minimum atomic E-state index is -0.219. The number of rotatable bonds is 7. The molecule has 0 aliphatic rings. The van der Waals surface area contributed by atoms with Crippen molar-refractivity contribution in [3.8, 4) is 0 Å². The number of hydrogen-bond donors (Lipinski definition) is 2. The molecule has 3 N–H and O–H groups in total. The van der Waals surface area contributed by atoms with E-state index in [0.717, 1.165) is 25.9 Å². The Labute approximate surface area is 112 Å². The van der Waals surface area contributed by atoms with Crippen molar-refractivity contribution in [1.29, 1.82) is 0 Å². The summed E-state index contributed by atoms with van der Waals surface area (Å²) in [6.45, 7) is 1.36. The van der Waals surface area contributed by atoms with E-state index in [4.69, 9.17) is 22.1 Å². The van der Waals surface area contributed by atoms with Gasteiger partial charge < -0.3 is 15.8 Å². The summed E-state index contributed by atoms with van der Waals surface area (Å²) in [7, 11) is 1.68. The number of carbonyl (C=O) groups excluding carboxylic acids is 1. The van der Waals surface area contributed by atoms with Crippen LogP contribution < -0.4 is 11.1 Å². The number of unbranched alkanes of at least 4 members (excludes halogenated alkanes) is 2. The van der Waals surface area contributed by atoms with Crippen LogP contribution in [0.1, 0.15) is 29.6 Å². The zero-order valence-corrected chi connectivity index (χ0v) is 11.2. The van der Waals surface area contributed by atoms with Gasteiger partial charge in [-0.05, 0) is 25.3 Å². The SMILES string of the molecule is COCCCCCNC(=O)c1cc(Cl)ncc1N. The van der Waals surface area contributed by atoms with Crippen molar-refractivity contribution in [3.05, 3.63) is 23.0 Å². The van der Waals surface area contributed by atoms with Gasteiger partial charge in [0.05, 0.1) is 17.4 Å². The van der Waals surface area contributed by atoms with Crippen LogP contribution in [0.2, 0.25) is 5.15 Å². The average molecular weight is 272 g/mol. The summed E-state index contributed by atoms with van der Waals surface area (Å²) in [6.07, 6.45) is 4.31. The van der Waals surface area contributed by atoms with Crippen LogP contribution in [0, 0.1) is 0 Å². The summed E-state index contributed by atoms with van der Waals surface area (Å²) in [5.41, 5.74) is 6.36. The van der Waals surface area contributed by atoms with Gasteiger partial charge in [-0.3, -0.25) is 4.79 Å². The molecular weight excluding hydrogens is 254 g/mol. The van der Waals surface area contributed by atoms with E-state index in [2.05, 4.69) is 10.3 Å². The van der Waals surface area contributed by atoms with Crippen LogP contribution in [0.5, 0.6) is 0 Å². The molecule has 0 bridgehead atoms. The van der Waals surface area contributed by atoms with Gasteiger partial charge in [-0.25, -0.2) is 4.98 Å². The molecule has 18 heavy (non-hydrogen) atoms. The zero-order valence-electron chi connectivity index (χ0n) is 10.4. The summed E-state index contributed by atoms with van der Waals surface area (Å²) in [5, 5.41) is 3.06. The van der Waals surface area contributed by atoms with E-state index in [1.165, 1.54) is 12.3 Å². The van der Waals surface area contributed by atoms with Crippen LogP contribution in [0.3, 0.4) is 0 Å². The number of methoxy groups -OCH3 is 1. The molecule has 0 atom stereocenters. The molecular formula is C12H18ClN3O2. The average Bonchev–Trinajstić information content (AvgIpc) is 2.36. The van der Waals surface area contributed by atoms with Gasteiger partial charge in [0.25, 0.3) is 5.91 Å². The quantitative estimate of drug-likeness (QED) is 0.586. The Morgan fingerprint density at radius 1 is 1.50 bits per heavy atom. The zero-order chi connectivity index (χ0) is 13.4. The third-order valence-electron chi connectivity index (χ3n) is 2.46. The third kappa shape index (κ3) is 4.89. The molecule has 1 aromatic rings. The van der Waals surface area contributed by atoms with E-state index in [-0.39, 0.29) is 11.1 Å². The molecule has 0 aromatic carbocycles. The monoisotopic (exact) mass is 271 g/mol. The van der Waals surface area contributed by atoms with Gasteiger partial charge in [-0.15, -0.1) is 0 Å². The minimum absolute atomic E-state index is 0.219. The van der Waals surface area contributed by atoms with Crippen molar-refractivity contribution < 1.29 is 9.53 Å². The highest BCUT2D eigenvalue weighted by Gasteiger charge is 2.10. The lowest BCUT2D eigenvalue weighted by atomic mass is 10.2. The highest BCUT2D eigenvalue weighted by molar-refractivity contribution is 6.29. The van der Waals surface area contributed by atoms with Crippen LogP contribution in [-0.4, -0.2) is 31.2 Å². The highest BCUT2D eigenvalue weighted by Crippen LogP contribution is 2.14. The van der Waals surface area contributed by atoms with Crippen LogP contribution in [0.25, 0.3) is 0 Å². The van der Waals surface area contributed by atoms with Crippen LogP contribution in [-0.2, 0) is 4.74 Å². The number of nitrogens with one attached hydrogen (secondary N) is 1. The Morgan fingerprint density at radius 2 is 2.28 bits per heavy atom. The maximum absolute atomic E-state index is 11.8. The number of amides is 1. The first kappa shape index (κ1) is 14.7. The molecule has 0 spiro atoms. The first-order valence-corrected chi connectivity index (χ1v) is 6.21. The number of aromatic nitrogens is 1. The predicted octanol–water partition coefficient (Wildman–Crippen LogP) is 1.86. The maximum Gasteiger partial charge on any atom is 0.253 e. The van der Waals surface area contributed by atoms with Gasteiger partial charge in [-0.1, -0.05) is 11.6 Å². The van der Waals surface area contributed by atoms with E-state index in [1.807, 2.05) is 0 Å². The van der Waals surface area contributed by atoms with Crippen molar-refractivity contribution in [3.63, 3.8) is 0 Å². The lowest BCUT2D eigenvalue weighted by Gasteiger charge is -2.07. The smallest absolute Gasteiger partial charge is 0.253 e. The number of carbonyl (C=O) groups is 1. The molecule has 5 nitrogen and oxygen atoms in total. The van der Waals surface area contributed by atoms with Gasteiger partial charge in [0.2, 0.25) is 0 Å². The number of nitrogens with zero attached hydrogens (tertiary/aromatic N) is 1. The van der Waals surface area contributed by atoms with Crippen molar-refractivity contribution in [1.82, 2.24) is 10.3 Å². The third-order valence-corrected chi connectivity index (χ3v) is 2.66. The summed E-state index contributed by atoms with van der Waals surface area (Å²) in [6, 6.07) is 1.47. The van der Waals surface area contributed by atoms with Crippen LogP contribution in [0.15, 0.2) is 12.3 Å². The standard InChI is InChI=1S/C12H18ClN3O2/c1-18-6-4-2-3-5-15-12(17)9-7-11(13)16-8-10(9)14/h7-8H,2-6,14H2,1H3,(H,15,17). The van der Waals surface area contributed by atoms with Gasteiger partial charge >= 0.3 is 0 Å². The summed E-state index contributed by atoms with van der Waals surface area (Å²) < 4.78 is 4.94. The predicted molar refractivity (Wildman–Crippen MR) is 71.7 cm³/mol. The van der Waals surface area contributed by atoms with E-state index in [9.17, 15) is 4.79 Å². The Morgan fingerprint density at radius 3 is 3.00 bits per heavy atom. The second kappa shape index (κ2) is 7.89. The summed E-state index contributed by atoms with van der Waals surface area (Å²) in [5.74, 6) is -0.219. The fourth-order valence-corrected chi connectivity index (χ4v) is 1.64. The Hall–Kier alpha value is -1.33. The van der Waals surface area contributed by atoms with Crippen molar-refractivity contribution in [2.24, 2.45) is 0 Å². The molecule has 1 amide bonds. The van der Waals surface area contributed by atoms with Crippen LogP contribution >= 0.6 is 11.6 Å². The van der Waals surface area contributed by atoms with Gasteiger partial charge in [0, 0.05) is 20.3 Å². The summed E-state index contributed by atoms with van der Waals surface area (Å²) in [4.78, 5) is 15.6. The molecule has 0 saturated carbocycles. The molecule has 0 unspecified atom stereocenters. The largest absolute Gasteiger partial charge is 0.397 e. The van der Waals surface area contributed by atoms with Crippen molar-refractivity contribution in [2.45, 2.75) is 19.3 Å². The minimum Gasteiger partial charge on any atom is -0.397 e. The second-order valence-electron chi connectivity index (χ2n) is 3.90. The number of nitrogen functional groups attached to an aromatic ring is 1. The first-order chi connectivity index (χ1) is 8.65. The number of halogens is 1. The number of hydrogen-bond acceptors (Lipinski definition) is 4. The van der Waals surface area contributed by atoms with Gasteiger partial charge in [0.15, 0.2) is 0 Å².